The minimum atomic E-state index is -0.432. The van der Waals surface area contributed by atoms with Crippen molar-refractivity contribution in [3.8, 4) is 5.75 Å². The zero-order chi connectivity index (χ0) is 23.4. The van der Waals surface area contributed by atoms with E-state index in [-0.39, 0.29) is 17.5 Å². The van der Waals surface area contributed by atoms with Crippen molar-refractivity contribution < 1.29 is 19.2 Å². The molecular formula is C22H23N5O5. The number of methoxy groups -OCH3 is 1. The van der Waals surface area contributed by atoms with Gasteiger partial charge in [0.1, 0.15) is 17.1 Å². The van der Waals surface area contributed by atoms with Gasteiger partial charge < -0.3 is 15.4 Å². The zero-order valence-corrected chi connectivity index (χ0v) is 18.1. The summed E-state index contributed by atoms with van der Waals surface area (Å²) in [4.78, 5) is 34.7. The topological polar surface area (TPSA) is 128 Å². The SMILES string of the molecule is COc1ccc(NC(=O)c2ccc(Cn3nc(C)c([N+](=O)[O-])c3C)cc2)cc1NC(C)=O. The number of hydrogen-bond donors (Lipinski definition) is 2. The molecule has 3 aromatic rings. The van der Waals surface area contributed by atoms with E-state index < -0.39 is 4.92 Å². The first-order chi connectivity index (χ1) is 15.2. The van der Waals surface area contributed by atoms with Crippen molar-refractivity contribution in [2.24, 2.45) is 0 Å². The van der Waals surface area contributed by atoms with E-state index >= 15 is 0 Å². The van der Waals surface area contributed by atoms with Crippen molar-refractivity contribution in [1.82, 2.24) is 9.78 Å². The number of hydrogen-bond acceptors (Lipinski definition) is 6. The van der Waals surface area contributed by atoms with Crippen molar-refractivity contribution >= 4 is 28.9 Å². The first-order valence-electron chi connectivity index (χ1n) is 9.74. The molecule has 166 valence electrons. The molecule has 2 amide bonds. The molecule has 0 bridgehead atoms. The van der Waals surface area contributed by atoms with Gasteiger partial charge in [0.2, 0.25) is 5.91 Å². The Labute approximate surface area is 184 Å². The fourth-order valence-corrected chi connectivity index (χ4v) is 3.32. The lowest BCUT2D eigenvalue weighted by Gasteiger charge is -2.12. The van der Waals surface area contributed by atoms with Gasteiger partial charge >= 0.3 is 5.69 Å². The minimum absolute atomic E-state index is 0.0131. The van der Waals surface area contributed by atoms with Crippen LogP contribution in [-0.2, 0) is 11.3 Å². The number of ether oxygens (including phenoxy) is 1. The molecule has 3 rings (SSSR count). The maximum absolute atomic E-state index is 12.6. The number of nitro groups is 1. The Morgan fingerprint density at radius 2 is 1.81 bits per heavy atom. The van der Waals surface area contributed by atoms with Crippen molar-refractivity contribution in [3.05, 3.63) is 75.1 Å². The second kappa shape index (κ2) is 9.29. The predicted molar refractivity (Wildman–Crippen MR) is 119 cm³/mol. The van der Waals surface area contributed by atoms with Gasteiger partial charge in [-0.15, -0.1) is 0 Å². The molecule has 10 heteroatoms. The number of amides is 2. The van der Waals surface area contributed by atoms with E-state index in [4.69, 9.17) is 4.74 Å². The first kappa shape index (κ1) is 22.5. The van der Waals surface area contributed by atoms with E-state index in [9.17, 15) is 19.7 Å². The maximum atomic E-state index is 12.6. The Morgan fingerprint density at radius 1 is 1.12 bits per heavy atom. The normalized spacial score (nSPS) is 10.5. The molecule has 0 aliphatic heterocycles. The second-order valence-corrected chi connectivity index (χ2v) is 7.18. The summed E-state index contributed by atoms with van der Waals surface area (Å²) in [7, 11) is 1.49. The van der Waals surface area contributed by atoms with Crippen molar-refractivity contribution in [2.75, 3.05) is 17.7 Å². The van der Waals surface area contributed by atoms with Crippen LogP contribution in [0.2, 0.25) is 0 Å². The summed E-state index contributed by atoms with van der Waals surface area (Å²) >= 11 is 0. The van der Waals surface area contributed by atoms with E-state index in [1.54, 1.807) is 61.0 Å². The number of rotatable bonds is 7. The fraction of sp³-hybridized carbons (Fsp3) is 0.227. The van der Waals surface area contributed by atoms with E-state index in [2.05, 4.69) is 15.7 Å². The highest BCUT2D eigenvalue weighted by molar-refractivity contribution is 6.04. The standard InChI is InChI=1S/C22H23N5O5/c1-13-21(27(30)31)14(2)26(25-13)12-16-5-7-17(8-6-16)22(29)24-18-9-10-20(32-4)19(11-18)23-15(3)28/h5-11H,12H2,1-4H3,(H,23,28)(H,24,29). The largest absolute Gasteiger partial charge is 0.495 e. The third-order valence-electron chi connectivity index (χ3n) is 4.84. The van der Waals surface area contributed by atoms with Crippen molar-refractivity contribution in [2.45, 2.75) is 27.3 Å². The molecule has 1 heterocycles. The Balaban J connectivity index is 1.73. The molecule has 0 aliphatic carbocycles. The summed E-state index contributed by atoms with van der Waals surface area (Å²) in [6.45, 7) is 4.99. The first-order valence-corrected chi connectivity index (χ1v) is 9.74. The van der Waals surface area contributed by atoms with Crippen LogP contribution >= 0.6 is 0 Å². The number of carbonyl (C=O) groups excluding carboxylic acids is 2. The average Bonchev–Trinajstić information content (AvgIpc) is 3.01. The fourth-order valence-electron chi connectivity index (χ4n) is 3.32. The van der Waals surface area contributed by atoms with Gasteiger partial charge in [-0.05, 0) is 49.7 Å². The number of nitrogens with zero attached hydrogens (tertiary/aromatic N) is 3. The third-order valence-corrected chi connectivity index (χ3v) is 4.84. The van der Waals surface area contributed by atoms with Crippen LogP contribution in [0.25, 0.3) is 0 Å². The average molecular weight is 437 g/mol. The smallest absolute Gasteiger partial charge is 0.312 e. The molecule has 0 spiro atoms. The highest BCUT2D eigenvalue weighted by atomic mass is 16.6. The number of carbonyl (C=O) groups is 2. The number of benzene rings is 2. The molecule has 0 unspecified atom stereocenters. The van der Waals surface area contributed by atoms with Crippen LogP contribution in [0.15, 0.2) is 42.5 Å². The van der Waals surface area contributed by atoms with Crippen LogP contribution in [0.4, 0.5) is 17.1 Å². The van der Waals surface area contributed by atoms with Crippen LogP contribution in [0.5, 0.6) is 5.75 Å². The van der Waals surface area contributed by atoms with E-state index in [0.717, 1.165) is 5.56 Å². The lowest BCUT2D eigenvalue weighted by Crippen LogP contribution is -2.13. The molecule has 10 nitrogen and oxygen atoms in total. The summed E-state index contributed by atoms with van der Waals surface area (Å²) in [5.74, 6) is -0.0977. The van der Waals surface area contributed by atoms with Gasteiger partial charge in [-0.25, -0.2) is 0 Å². The van der Waals surface area contributed by atoms with Gasteiger partial charge in [-0.3, -0.25) is 24.4 Å². The summed E-state index contributed by atoms with van der Waals surface area (Å²) in [6.07, 6.45) is 0. The van der Waals surface area contributed by atoms with Gasteiger partial charge in [0.15, 0.2) is 0 Å². The highest BCUT2D eigenvalue weighted by Crippen LogP contribution is 2.28. The summed E-state index contributed by atoms with van der Waals surface area (Å²) in [6, 6.07) is 11.8. The number of aryl methyl sites for hydroxylation is 1. The molecule has 1 aromatic heterocycles. The van der Waals surface area contributed by atoms with E-state index in [1.165, 1.54) is 14.0 Å². The minimum Gasteiger partial charge on any atom is -0.495 e. The Bertz CT molecular complexity index is 1180. The molecule has 0 aliphatic rings. The van der Waals surface area contributed by atoms with Crippen molar-refractivity contribution in [1.29, 1.82) is 0 Å². The van der Waals surface area contributed by atoms with Gasteiger partial charge in [-0.1, -0.05) is 12.1 Å². The van der Waals surface area contributed by atoms with Crippen LogP contribution < -0.4 is 15.4 Å². The number of aromatic nitrogens is 2. The zero-order valence-electron chi connectivity index (χ0n) is 18.1. The number of anilines is 2. The third kappa shape index (κ3) is 4.91. The maximum Gasteiger partial charge on any atom is 0.312 e. The quantitative estimate of drug-likeness (QED) is 0.429. The van der Waals surface area contributed by atoms with Crippen LogP contribution in [0.3, 0.4) is 0 Å². The monoisotopic (exact) mass is 437 g/mol. The Morgan fingerprint density at radius 3 is 2.38 bits per heavy atom. The van der Waals surface area contributed by atoms with Gasteiger partial charge in [0, 0.05) is 18.2 Å². The lowest BCUT2D eigenvalue weighted by atomic mass is 10.1. The van der Waals surface area contributed by atoms with Crippen LogP contribution in [-0.4, -0.2) is 33.6 Å². The molecule has 0 saturated carbocycles. The molecule has 2 N–H and O–H groups in total. The lowest BCUT2D eigenvalue weighted by molar-refractivity contribution is -0.386. The van der Waals surface area contributed by atoms with Crippen LogP contribution in [0, 0.1) is 24.0 Å². The molecule has 2 aromatic carbocycles. The molecule has 0 fully saturated rings. The summed E-state index contributed by atoms with van der Waals surface area (Å²) in [5.41, 5.74) is 3.08. The highest BCUT2D eigenvalue weighted by Gasteiger charge is 2.21. The summed E-state index contributed by atoms with van der Waals surface area (Å²) < 4.78 is 6.78. The van der Waals surface area contributed by atoms with Crippen LogP contribution in [0.1, 0.15) is 34.2 Å². The van der Waals surface area contributed by atoms with Gasteiger partial charge in [0.25, 0.3) is 5.91 Å². The van der Waals surface area contributed by atoms with E-state index in [1.807, 2.05) is 0 Å². The van der Waals surface area contributed by atoms with Gasteiger partial charge in [-0.2, -0.15) is 5.10 Å². The molecule has 0 radical (unpaired) electrons. The Kier molecular flexibility index (Phi) is 6.53. The van der Waals surface area contributed by atoms with Gasteiger partial charge in [0.05, 0.1) is 24.3 Å². The predicted octanol–water partition coefficient (Wildman–Crippen LogP) is 3.68. The molecular weight excluding hydrogens is 414 g/mol. The molecule has 0 saturated heterocycles. The second-order valence-electron chi connectivity index (χ2n) is 7.18. The van der Waals surface area contributed by atoms with Crippen molar-refractivity contribution in [3.63, 3.8) is 0 Å². The Hall–Kier alpha value is -4.21. The summed E-state index contributed by atoms with van der Waals surface area (Å²) in [5, 5.41) is 20.9. The number of nitrogens with one attached hydrogen (secondary N) is 2. The molecule has 0 atom stereocenters. The van der Waals surface area contributed by atoms with E-state index in [0.29, 0.717) is 40.6 Å². The molecule has 32 heavy (non-hydrogen) atoms.